The number of piperazine rings is 1. The number of carbonyl (C=O) groups is 1. The van der Waals surface area contributed by atoms with Crippen LogP contribution in [0.15, 0.2) is 30.3 Å². The first kappa shape index (κ1) is 18.9. The topological polar surface area (TPSA) is 38.8 Å². The average molecular weight is 371 g/mol. The van der Waals surface area contributed by atoms with E-state index in [-0.39, 0.29) is 5.91 Å². The fourth-order valence-electron chi connectivity index (χ4n) is 5.21. The molecule has 3 aliphatic heterocycles. The Morgan fingerprint density at radius 2 is 1.67 bits per heavy atom. The maximum Gasteiger partial charge on any atom is 0.219 e. The summed E-state index contributed by atoms with van der Waals surface area (Å²) in [6, 6.07) is 12.9. The van der Waals surface area contributed by atoms with Crippen LogP contribution in [0.1, 0.15) is 38.2 Å². The molecule has 0 aromatic heterocycles. The van der Waals surface area contributed by atoms with Gasteiger partial charge in [0.1, 0.15) is 0 Å². The van der Waals surface area contributed by atoms with E-state index < -0.39 is 0 Å². The number of hydrogen-bond donors (Lipinski definition) is 1. The summed E-state index contributed by atoms with van der Waals surface area (Å²) in [5, 5.41) is 3.81. The van der Waals surface area contributed by atoms with Crippen LogP contribution in [0, 0.1) is 0 Å². The average Bonchev–Trinajstić information content (AvgIpc) is 2.93. The molecule has 5 heteroatoms. The molecule has 0 aliphatic carbocycles. The third-order valence-electron chi connectivity index (χ3n) is 6.81. The molecule has 27 heavy (non-hydrogen) atoms. The Morgan fingerprint density at radius 3 is 2.30 bits per heavy atom. The molecule has 3 heterocycles. The minimum Gasteiger partial charge on any atom is -0.340 e. The Hall–Kier alpha value is -1.43. The van der Waals surface area contributed by atoms with Crippen molar-refractivity contribution in [2.24, 2.45) is 0 Å². The van der Waals surface area contributed by atoms with Gasteiger partial charge in [0, 0.05) is 70.9 Å². The molecule has 3 saturated heterocycles. The molecule has 0 unspecified atom stereocenters. The van der Waals surface area contributed by atoms with E-state index in [4.69, 9.17) is 0 Å². The standard InChI is InChI=1S/C22H34N4O/c1-18(27)25-12-9-24(10-13-25)11-14-26-21-7-8-22(26)16-20(15-21)23-17-19-5-3-2-4-6-19/h2-6,20-23H,7-17H2,1H3/t20-,21-,22+. The Labute approximate surface area is 163 Å². The summed E-state index contributed by atoms with van der Waals surface area (Å²) >= 11 is 0. The smallest absolute Gasteiger partial charge is 0.219 e. The molecule has 0 saturated carbocycles. The first-order valence-corrected chi connectivity index (χ1v) is 10.7. The monoisotopic (exact) mass is 370 g/mol. The number of benzene rings is 1. The van der Waals surface area contributed by atoms with Crippen LogP contribution in [-0.4, -0.2) is 78.0 Å². The highest BCUT2D eigenvalue weighted by atomic mass is 16.2. The Kier molecular flexibility index (Phi) is 6.11. The van der Waals surface area contributed by atoms with E-state index in [1.165, 1.54) is 37.8 Å². The van der Waals surface area contributed by atoms with Gasteiger partial charge in [-0.25, -0.2) is 0 Å². The zero-order valence-corrected chi connectivity index (χ0v) is 16.6. The molecule has 3 atom stereocenters. The van der Waals surface area contributed by atoms with Gasteiger partial charge in [-0.3, -0.25) is 14.6 Å². The highest BCUT2D eigenvalue weighted by Crippen LogP contribution is 2.35. The summed E-state index contributed by atoms with van der Waals surface area (Å²) in [5.41, 5.74) is 1.39. The van der Waals surface area contributed by atoms with Gasteiger partial charge in [0.2, 0.25) is 5.91 Å². The molecule has 2 bridgehead atoms. The van der Waals surface area contributed by atoms with E-state index in [0.29, 0.717) is 6.04 Å². The first-order valence-electron chi connectivity index (χ1n) is 10.7. The van der Waals surface area contributed by atoms with Gasteiger partial charge in [0.05, 0.1) is 0 Å². The van der Waals surface area contributed by atoms with Gasteiger partial charge in [0.25, 0.3) is 0 Å². The Balaban J connectivity index is 1.21. The number of fused-ring (bicyclic) bond motifs is 2. The van der Waals surface area contributed by atoms with Gasteiger partial charge in [-0.1, -0.05) is 30.3 Å². The summed E-state index contributed by atoms with van der Waals surface area (Å²) in [6.45, 7) is 8.88. The van der Waals surface area contributed by atoms with Crippen LogP contribution in [-0.2, 0) is 11.3 Å². The molecule has 3 aliphatic rings. The summed E-state index contributed by atoms with van der Waals surface area (Å²) < 4.78 is 0. The van der Waals surface area contributed by atoms with Crippen LogP contribution in [0.2, 0.25) is 0 Å². The fraction of sp³-hybridized carbons (Fsp3) is 0.682. The van der Waals surface area contributed by atoms with Gasteiger partial charge in [-0.05, 0) is 31.2 Å². The number of rotatable bonds is 6. The second kappa shape index (κ2) is 8.72. The van der Waals surface area contributed by atoms with Crippen molar-refractivity contribution in [3.8, 4) is 0 Å². The Morgan fingerprint density at radius 1 is 1.00 bits per heavy atom. The molecule has 5 nitrogen and oxygen atoms in total. The summed E-state index contributed by atoms with van der Waals surface area (Å²) in [6.07, 6.45) is 5.32. The molecular weight excluding hydrogens is 336 g/mol. The molecule has 148 valence electrons. The predicted molar refractivity (Wildman–Crippen MR) is 109 cm³/mol. The maximum atomic E-state index is 11.5. The quantitative estimate of drug-likeness (QED) is 0.831. The van der Waals surface area contributed by atoms with E-state index in [9.17, 15) is 4.79 Å². The van der Waals surface area contributed by atoms with Crippen molar-refractivity contribution >= 4 is 5.91 Å². The van der Waals surface area contributed by atoms with Crippen molar-refractivity contribution in [1.29, 1.82) is 0 Å². The van der Waals surface area contributed by atoms with Crippen LogP contribution in [0.4, 0.5) is 0 Å². The van der Waals surface area contributed by atoms with Gasteiger partial charge < -0.3 is 10.2 Å². The van der Waals surface area contributed by atoms with Crippen molar-refractivity contribution in [3.05, 3.63) is 35.9 Å². The largest absolute Gasteiger partial charge is 0.340 e. The number of piperidine rings is 1. The highest BCUT2D eigenvalue weighted by molar-refractivity contribution is 5.73. The van der Waals surface area contributed by atoms with Gasteiger partial charge >= 0.3 is 0 Å². The minimum atomic E-state index is 0.220. The van der Waals surface area contributed by atoms with Crippen LogP contribution in [0.5, 0.6) is 0 Å². The number of nitrogens with zero attached hydrogens (tertiary/aromatic N) is 3. The lowest BCUT2D eigenvalue weighted by Crippen LogP contribution is -2.53. The van der Waals surface area contributed by atoms with Crippen LogP contribution in [0.25, 0.3) is 0 Å². The zero-order chi connectivity index (χ0) is 18.6. The van der Waals surface area contributed by atoms with E-state index in [0.717, 1.165) is 51.4 Å². The summed E-state index contributed by atoms with van der Waals surface area (Å²) in [7, 11) is 0. The normalized spacial score (nSPS) is 29.2. The fourth-order valence-corrected chi connectivity index (χ4v) is 5.21. The molecule has 1 amide bonds. The molecule has 0 spiro atoms. The van der Waals surface area contributed by atoms with Crippen molar-refractivity contribution in [2.45, 2.75) is 57.3 Å². The summed E-state index contributed by atoms with van der Waals surface area (Å²) in [5.74, 6) is 0.220. The molecule has 1 N–H and O–H groups in total. The molecule has 0 radical (unpaired) electrons. The van der Waals surface area contributed by atoms with Crippen LogP contribution < -0.4 is 5.32 Å². The zero-order valence-electron chi connectivity index (χ0n) is 16.6. The third kappa shape index (κ3) is 4.71. The molecule has 3 fully saturated rings. The SMILES string of the molecule is CC(=O)N1CCN(CCN2[C@@H]3CC[C@H]2C[C@H](NCc2ccccc2)C3)CC1. The minimum absolute atomic E-state index is 0.220. The van der Waals surface area contributed by atoms with E-state index in [1.807, 2.05) is 4.90 Å². The van der Waals surface area contributed by atoms with Crippen LogP contribution in [0.3, 0.4) is 0 Å². The lowest BCUT2D eigenvalue weighted by Gasteiger charge is -2.41. The number of nitrogens with one attached hydrogen (secondary N) is 1. The summed E-state index contributed by atoms with van der Waals surface area (Å²) in [4.78, 5) is 18.8. The van der Waals surface area contributed by atoms with Crippen molar-refractivity contribution in [1.82, 2.24) is 20.0 Å². The number of carbonyl (C=O) groups excluding carboxylic acids is 1. The second-order valence-electron chi connectivity index (χ2n) is 8.51. The van der Waals surface area contributed by atoms with Gasteiger partial charge in [-0.2, -0.15) is 0 Å². The third-order valence-corrected chi connectivity index (χ3v) is 6.81. The predicted octanol–water partition coefficient (Wildman–Crippen LogP) is 1.94. The van der Waals surface area contributed by atoms with E-state index in [2.05, 4.69) is 45.4 Å². The maximum absolute atomic E-state index is 11.5. The highest BCUT2D eigenvalue weighted by Gasteiger charge is 2.40. The van der Waals surface area contributed by atoms with Crippen molar-refractivity contribution < 1.29 is 4.79 Å². The van der Waals surface area contributed by atoms with Gasteiger partial charge in [0.15, 0.2) is 0 Å². The number of hydrogen-bond acceptors (Lipinski definition) is 4. The molecular formula is C22H34N4O. The molecule has 1 aromatic rings. The second-order valence-corrected chi connectivity index (χ2v) is 8.51. The molecule has 4 rings (SSSR count). The lowest BCUT2D eigenvalue weighted by atomic mass is 9.97. The van der Waals surface area contributed by atoms with Crippen molar-refractivity contribution in [3.63, 3.8) is 0 Å². The lowest BCUT2D eigenvalue weighted by molar-refractivity contribution is -0.130. The Bertz CT molecular complexity index is 600. The number of amides is 1. The molecule has 1 aromatic carbocycles. The van der Waals surface area contributed by atoms with Crippen molar-refractivity contribution in [2.75, 3.05) is 39.3 Å². The van der Waals surface area contributed by atoms with Gasteiger partial charge in [-0.15, -0.1) is 0 Å². The van der Waals surface area contributed by atoms with Crippen LogP contribution >= 0.6 is 0 Å². The van der Waals surface area contributed by atoms with E-state index >= 15 is 0 Å². The first-order chi connectivity index (χ1) is 13.2. The van der Waals surface area contributed by atoms with E-state index in [1.54, 1.807) is 6.92 Å².